The lowest BCUT2D eigenvalue weighted by atomic mass is 9.77. The summed E-state index contributed by atoms with van der Waals surface area (Å²) in [6, 6.07) is 15.2. The third kappa shape index (κ3) is 6.10. The molecule has 1 heterocycles. The topological polar surface area (TPSA) is 85.1 Å². The van der Waals surface area contributed by atoms with Gasteiger partial charge in [0.2, 0.25) is 0 Å². The maximum atomic E-state index is 12.2. The predicted octanol–water partition coefficient (Wildman–Crippen LogP) is 5.77. The molecule has 9 heteroatoms. The van der Waals surface area contributed by atoms with E-state index in [0.29, 0.717) is 39.2 Å². The Morgan fingerprint density at radius 1 is 1.09 bits per heavy atom. The number of aromatic nitrogens is 2. The van der Waals surface area contributed by atoms with Crippen molar-refractivity contribution in [3.05, 3.63) is 76.1 Å². The van der Waals surface area contributed by atoms with Crippen molar-refractivity contribution < 1.29 is 14.0 Å². The molecule has 6 nitrogen and oxygen atoms in total. The molecule has 0 unspecified atom stereocenters. The van der Waals surface area contributed by atoms with Gasteiger partial charge in [0.25, 0.3) is 0 Å². The van der Waals surface area contributed by atoms with Crippen molar-refractivity contribution in [2.45, 2.75) is 25.9 Å². The number of ether oxygens (including phenoxy) is 2. The summed E-state index contributed by atoms with van der Waals surface area (Å²) < 4.78 is 23.6. The average molecular weight is 518 g/mol. The van der Waals surface area contributed by atoms with Crippen LogP contribution in [0.15, 0.2) is 48.7 Å². The second kappa shape index (κ2) is 10.8. The van der Waals surface area contributed by atoms with E-state index < -0.39 is 12.6 Å². The number of nitrogens with zero attached hydrogens (tertiary/aromatic N) is 3. The van der Waals surface area contributed by atoms with Crippen LogP contribution in [-0.2, 0) is 16.6 Å². The van der Waals surface area contributed by atoms with Gasteiger partial charge in [0.15, 0.2) is 11.3 Å². The zero-order chi connectivity index (χ0) is 24.9. The molecular formula is C25H26Cl2N3O3P. The Labute approximate surface area is 210 Å². The molecule has 0 saturated carbocycles. The lowest BCUT2D eigenvalue weighted by Crippen LogP contribution is -2.19. The maximum Gasteiger partial charge on any atom is 0.188 e. The van der Waals surface area contributed by atoms with E-state index in [1.807, 2.05) is 30.3 Å². The van der Waals surface area contributed by atoms with E-state index in [9.17, 15) is 9.83 Å². The molecule has 0 aliphatic rings. The number of hydrogen-bond acceptors (Lipinski definition) is 6. The van der Waals surface area contributed by atoms with Crippen molar-refractivity contribution >= 4 is 35.9 Å². The summed E-state index contributed by atoms with van der Waals surface area (Å²) in [5.41, 5.74) is 2.86. The molecule has 34 heavy (non-hydrogen) atoms. The van der Waals surface area contributed by atoms with Gasteiger partial charge in [-0.05, 0) is 54.8 Å². The lowest BCUT2D eigenvalue weighted by Gasteiger charge is -2.27. The largest absolute Gasteiger partial charge is 0.489 e. The van der Waals surface area contributed by atoms with Gasteiger partial charge in [-0.15, -0.1) is 11.6 Å². The number of alkyl halides is 1. The van der Waals surface area contributed by atoms with Crippen molar-refractivity contribution in [3.8, 4) is 17.6 Å². The van der Waals surface area contributed by atoms with Crippen LogP contribution in [0.4, 0.5) is 0 Å². The van der Waals surface area contributed by atoms with Crippen LogP contribution in [-0.4, -0.2) is 35.8 Å². The van der Waals surface area contributed by atoms with E-state index in [-0.39, 0.29) is 13.2 Å². The Morgan fingerprint density at radius 3 is 2.41 bits per heavy atom. The Balaban J connectivity index is 1.78. The SMILES string of the molecule is CC(C)(c1ccc(OCc2ccnc(P(C)(C)=O)n2)cc1)c1cc(Cl)c(OCCCl)c(C#N)c1. The monoisotopic (exact) mass is 517 g/mol. The Hall–Kier alpha value is -2.58. The highest BCUT2D eigenvalue weighted by Crippen LogP contribution is 2.38. The molecule has 0 aliphatic carbocycles. The fraction of sp³-hybridized carbons (Fsp3) is 0.320. The molecule has 0 N–H and O–H groups in total. The van der Waals surface area contributed by atoms with Crippen LogP contribution >= 0.6 is 30.3 Å². The second-order valence-corrected chi connectivity index (χ2v) is 12.5. The van der Waals surface area contributed by atoms with Crippen LogP contribution in [0.3, 0.4) is 0 Å². The summed E-state index contributed by atoms with van der Waals surface area (Å²) in [5.74, 6) is 1.33. The second-order valence-electron chi connectivity index (χ2n) is 8.62. The quantitative estimate of drug-likeness (QED) is 0.264. The van der Waals surface area contributed by atoms with Crippen LogP contribution in [0.2, 0.25) is 5.02 Å². The smallest absolute Gasteiger partial charge is 0.188 e. The molecule has 0 radical (unpaired) electrons. The summed E-state index contributed by atoms with van der Waals surface area (Å²) in [7, 11) is -2.53. The van der Waals surface area contributed by atoms with Crippen molar-refractivity contribution in [3.63, 3.8) is 0 Å². The van der Waals surface area contributed by atoms with E-state index >= 15 is 0 Å². The number of hydrogen-bond donors (Lipinski definition) is 0. The van der Waals surface area contributed by atoms with Crippen LogP contribution in [0, 0.1) is 11.3 Å². The van der Waals surface area contributed by atoms with Crippen molar-refractivity contribution in [2.24, 2.45) is 0 Å². The van der Waals surface area contributed by atoms with Gasteiger partial charge >= 0.3 is 0 Å². The van der Waals surface area contributed by atoms with Crippen molar-refractivity contribution in [2.75, 3.05) is 25.8 Å². The van der Waals surface area contributed by atoms with E-state index in [1.165, 1.54) is 0 Å². The summed E-state index contributed by atoms with van der Waals surface area (Å²) in [4.78, 5) is 8.45. The van der Waals surface area contributed by atoms with Gasteiger partial charge in [0, 0.05) is 11.6 Å². The Kier molecular flexibility index (Phi) is 8.25. The summed E-state index contributed by atoms with van der Waals surface area (Å²) in [5, 5.41) is 9.97. The van der Waals surface area contributed by atoms with Crippen LogP contribution in [0.1, 0.15) is 36.2 Å². The van der Waals surface area contributed by atoms with Crippen LogP contribution < -0.4 is 15.0 Å². The fourth-order valence-electron chi connectivity index (χ4n) is 3.34. The van der Waals surface area contributed by atoms with E-state index in [2.05, 4.69) is 29.9 Å². The third-order valence-corrected chi connectivity index (χ3v) is 6.97. The lowest BCUT2D eigenvalue weighted by molar-refractivity contribution is 0.301. The minimum atomic E-state index is -2.53. The van der Waals surface area contributed by atoms with Gasteiger partial charge < -0.3 is 14.0 Å². The first kappa shape index (κ1) is 26.0. The van der Waals surface area contributed by atoms with Crippen molar-refractivity contribution in [1.82, 2.24) is 9.97 Å². The molecular weight excluding hydrogens is 492 g/mol. The molecule has 0 fully saturated rings. The van der Waals surface area contributed by atoms with Gasteiger partial charge in [-0.3, -0.25) is 0 Å². The molecule has 0 bridgehead atoms. The summed E-state index contributed by atoms with van der Waals surface area (Å²) >= 11 is 12.1. The van der Waals surface area contributed by atoms with Gasteiger partial charge in [-0.2, -0.15) is 5.26 Å². The van der Waals surface area contributed by atoms with Gasteiger partial charge in [0.1, 0.15) is 32.2 Å². The number of halogens is 2. The molecule has 0 aliphatic heterocycles. The molecule has 2 aromatic carbocycles. The highest BCUT2D eigenvalue weighted by atomic mass is 35.5. The summed E-state index contributed by atoms with van der Waals surface area (Å²) in [6.07, 6.45) is 1.60. The molecule has 178 valence electrons. The summed E-state index contributed by atoms with van der Waals surface area (Å²) in [6.45, 7) is 7.91. The van der Waals surface area contributed by atoms with Gasteiger partial charge in [-0.1, -0.05) is 37.6 Å². The zero-order valence-corrected chi connectivity index (χ0v) is 21.9. The molecule has 1 aromatic heterocycles. The molecule has 0 spiro atoms. The molecule has 0 saturated heterocycles. The standard InChI is InChI=1S/C25H26Cl2N3O3P/c1-25(2,19-13-17(15-28)23(22(27)14-19)32-12-10-26)18-5-7-21(8-6-18)33-16-20-9-11-29-24(30-20)34(3,4)31/h5-9,11,13-14H,10,12,16H2,1-4H3. The first-order chi connectivity index (χ1) is 16.1. The van der Waals surface area contributed by atoms with Crippen LogP contribution in [0.25, 0.3) is 0 Å². The molecule has 0 amide bonds. The van der Waals surface area contributed by atoms with Crippen molar-refractivity contribution in [1.29, 1.82) is 5.26 Å². The predicted molar refractivity (Wildman–Crippen MR) is 136 cm³/mol. The van der Waals surface area contributed by atoms with Gasteiger partial charge in [-0.25, -0.2) is 9.97 Å². The number of rotatable bonds is 9. The van der Waals surface area contributed by atoms with Crippen LogP contribution in [0.5, 0.6) is 11.5 Å². The highest BCUT2D eigenvalue weighted by Gasteiger charge is 2.26. The molecule has 3 rings (SSSR count). The van der Waals surface area contributed by atoms with E-state index in [1.54, 1.807) is 31.7 Å². The Morgan fingerprint density at radius 2 is 1.79 bits per heavy atom. The fourth-order valence-corrected chi connectivity index (χ4v) is 4.41. The Bertz CT molecular complexity index is 1250. The average Bonchev–Trinajstić information content (AvgIpc) is 2.81. The highest BCUT2D eigenvalue weighted by molar-refractivity contribution is 7.69. The first-order valence-electron chi connectivity index (χ1n) is 10.6. The van der Waals surface area contributed by atoms with E-state index in [4.69, 9.17) is 32.7 Å². The molecule has 0 atom stereocenters. The number of nitriles is 1. The minimum Gasteiger partial charge on any atom is -0.489 e. The normalized spacial score (nSPS) is 11.7. The number of benzene rings is 2. The minimum absolute atomic E-state index is 0.239. The molecule has 3 aromatic rings. The zero-order valence-electron chi connectivity index (χ0n) is 19.5. The first-order valence-corrected chi connectivity index (χ1v) is 14.1. The maximum absolute atomic E-state index is 12.2. The third-order valence-electron chi connectivity index (χ3n) is 5.35. The van der Waals surface area contributed by atoms with Gasteiger partial charge in [0.05, 0.1) is 22.2 Å². The van der Waals surface area contributed by atoms with E-state index in [0.717, 1.165) is 11.1 Å².